The van der Waals surface area contributed by atoms with Gasteiger partial charge in [0.25, 0.3) is 0 Å². The van der Waals surface area contributed by atoms with Crippen LogP contribution in [0.3, 0.4) is 0 Å². The van der Waals surface area contributed by atoms with Crippen LogP contribution in [0.15, 0.2) is 35.2 Å². The van der Waals surface area contributed by atoms with Gasteiger partial charge in [-0.1, -0.05) is 18.2 Å². The first-order chi connectivity index (χ1) is 8.66. The molecule has 5 heteroatoms. The molecular weight excluding hydrogens is 250 g/mol. The highest BCUT2D eigenvalue weighted by Gasteiger charge is 2.34. The Morgan fingerprint density at radius 3 is 2.61 bits per heavy atom. The van der Waals surface area contributed by atoms with E-state index in [2.05, 4.69) is 5.32 Å². The molecule has 0 spiro atoms. The summed E-state index contributed by atoms with van der Waals surface area (Å²) in [6, 6.07) is 9.37. The highest BCUT2D eigenvalue weighted by molar-refractivity contribution is 8.00. The number of hydrogen-bond donors (Lipinski definition) is 3. The third kappa shape index (κ3) is 3.48. The molecule has 0 aromatic heterocycles. The normalized spacial score (nSPS) is 27.1. The van der Waals surface area contributed by atoms with E-state index in [1.165, 1.54) is 11.8 Å². The highest BCUT2D eigenvalue weighted by atomic mass is 32.2. The van der Waals surface area contributed by atoms with Crippen LogP contribution < -0.4 is 5.32 Å². The second-order valence-electron chi connectivity index (χ2n) is 4.41. The van der Waals surface area contributed by atoms with Crippen LogP contribution in [0.1, 0.15) is 12.8 Å². The maximum atomic E-state index is 11.7. The summed E-state index contributed by atoms with van der Waals surface area (Å²) in [4.78, 5) is 12.7. The largest absolute Gasteiger partial charge is 0.390 e. The van der Waals surface area contributed by atoms with Crippen LogP contribution >= 0.6 is 11.8 Å². The van der Waals surface area contributed by atoms with E-state index < -0.39 is 12.2 Å². The van der Waals surface area contributed by atoms with Gasteiger partial charge in [-0.15, -0.1) is 11.8 Å². The molecule has 1 amide bonds. The zero-order chi connectivity index (χ0) is 13.0. The van der Waals surface area contributed by atoms with Crippen molar-refractivity contribution in [2.75, 3.05) is 5.75 Å². The van der Waals surface area contributed by atoms with E-state index in [0.717, 1.165) is 4.90 Å². The lowest BCUT2D eigenvalue weighted by molar-refractivity contribution is -0.120. The molecule has 1 aliphatic rings. The third-order valence-corrected chi connectivity index (χ3v) is 4.05. The number of aliphatic hydroxyl groups is 2. The second-order valence-corrected chi connectivity index (χ2v) is 5.46. The Balaban J connectivity index is 1.76. The lowest BCUT2D eigenvalue weighted by Gasteiger charge is -2.17. The van der Waals surface area contributed by atoms with Crippen LogP contribution in [-0.4, -0.2) is 40.1 Å². The first kappa shape index (κ1) is 13.4. The number of nitrogens with one attached hydrogen (secondary N) is 1. The summed E-state index contributed by atoms with van der Waals surface area (Å²) in [5, 5.41) is 21.8. The summed E-state index contributed by atoms with van der Waals surface area (Å²) < 4.78 is 0. The molecule has 1 aliphatic carbocycles. The van der Waals surface area contributed by atoms with Crippen molar-refractivity contribution in [3.8, 4) is 0 Å². The van der Waals surface area contributed by atoms with Crippen LogP contribution in [0.5, 0.6) is 0 Å². The Morgan fingerprint density at radius 1 is 1.28 bits per heavy atom. The van der Waals surface area contributed by atoms with Crippen LogP contribution in [0.2, 0.25) is 0 Å². The van der Waals surface area contributed by atoms with Crippen LogP contribution in [0.4, 0.5) is 0 Å². The van der Waals surface area contributed by atoms with Gasteiger partial charge in [0, 0.05) is 4.90 Å². The summed E-state index contributed by atoms with van der Waals surface area (Å²) in [6.07, 6.45) is -0.380. The summed E-state index contributed by atoms with van der Waals surface area (Å²) in [6.45, 7) is 0. The van der Waals surface area contributed by atoms with Crippen molar-refractivity contribution in [3.05, 3.63) is 30.3 Å². The van der Waals surface area contributed by atoms with E-state index in [1.54, 1.807) is 0 Å². The predicted octanol–water partition coefficient (Wildman–Crippen LogP) is 0.779. The zero-order valence-electron chi connectivity index (χ0n) is 9.95. The maximum Gasteiger partial charge on any atom is 0.230 e. The highest BCUT2D eigenvalue weighted by Crippen LogP contribution is 2.21. The molecule has 0 unspecified atom stereocenters. The Kier molecular flexibility index (Phi) is 4.63. The van der Waals surface area contributed by atoms with E-state index in [0.29, 0.717) is 18.6 Å². The number of carbonyl (C=O) groups excluding carboxylic acids is 1. The topological polar surface area (TPSA) is 69.6 Å². The van der Waals surface area contributed by atoms with E-state index in [-0.39, 0.29) is 11.9 Å². The lowest BCUT2D eigenvalue weighted by Crippen LogP contribution is -2.43. The van der Waals surface area contributed by atoms with Crippen molar-refractivity contribution in [1.82, 2.24) is 5.32 Å². The summed E-state index contributed by atoms with van der Waals surface area (Å²) in [7, 11) is 0. The standard InChI is InChI=1S/C13H17NO3S/c15-11-7-6-10(13(11)17)14-12(16)8-18-9-4-2-1-3-5-9/h1-5,10-11,13,15,17H,6-8H2,(H,14,16)/t10-,11-,13+/m1/s1. The molecule has 1 saturated carbocycles. The van der Waals surface area contributed by atoms with Gasteiger partial charge in [-0.05, 0) is 25.0 Å². The number of thioether (sulfide) groups is 1. The van der Waals surface area contributed by atoms with Gasteiger partial charge in [0.1, 0.15) is 0 Å². The minimum atomic E-state index is -0.837. The van der Waals surface area contributed by atoms with Crippen molar-refractivity contribution >= 4 is 17.7 Å². The number of benzene rings is 1. The van der Waals surface area contributed by atoms with E-state index in [9.17, 15) is 15.0 Å². The van der Waals surface area contributed by atoms with Crippen molar-refractivity contribution in [2.45, 2.75) is 36.0 Å². The van der Waals surface area contributed by atoms with Gasteiger partial charge >= 0.3 is 0 Å². The van der Waals surface area contributed by atoms with Crippen molar-refractivity contribution in [3.63, 3.8) is 0 Å². The van der Waals surface area contributed by atoms with Gasteiger partial charge in [0.15, 0.2) is 0 Å². The van der Waals surface area contributed by atoms with Gasteiger partial charge < -0.3 is 15.5 Å². The number of rotatable bonds is 4. The Hall–Kier alpha value is -1.04. The van der Waals surface area contributed by atoms with Crippen LogP contribution in [0, 0.1) is 0 Å². The summed E-state index contributed by atoms with van der Waals surface area (Å²) in [5.74, 6) is 0.213. The summed E-state index contributed by atoms with van der Waals surface area (Å²) >= 11 is 1.46. The Labute approximate surface area is 110 Å². The van der Waals surface area contributed by atoms with Crippen LogP contribution in [0.25, 0.3) is 0 Å². The zero-order valence-corrected chi connectivity index (χ0v) is 10.8. The average Bonchev–Trinajstić information content (AvgIpc) is 2.70. The molecule has 3 atom stereocenters. The fraction of sp³-hybridized carbons (Fsp3) is 0.462. The van der Waals surface area contributed by atoms with Crippen molar-refractivity contribution < 1.29 is 15.0 Å². The Morgan fingerprint density at radius 2 is 2.00 bits per heavy atom. The molecule has 98 valence electrons. The maximum absolute atomic E-state index is 11.7. The van der Waals surface area contributed by atoms with Gasteiger partial charge in [0.05, 0.1) is 24.0 Å². The minimum Gasteiger partial charge on any atom is -0.390 e. The first-order valence-corrected chi connectivity index (χ1v) is 6.98. The quantitative estimate of drug-likeness (QED) is 0.705. The first-order valence-electron chi connectivity index (χ1n) is 6.00. The van der Waals surface area contributed by atoms with Gasteiger partial charge in [0.2, 0.25) is 5.91 Å². The van der Waals surface area contributed by atoms with Crippen molar-refractivity contribution in [2.24, 2.45) is 0 Å². The van der Waals surface area contributed by atoms with Gasteiger partial charge in [-0.25, -0.2) is 0 Å². The fourth-order valence-electron chi connectivity index (χ4n) is 2.03. The SMILES string of the molecule is O=C(CSc1ccccc1)N[C@@H]1CC[C@@H](O)[C@H]1O. The van der Waals surface area contributed by atoms with Crippen molar-refractivity contribution in [1.29, 1.82) is 0 Å². The monoisotopic (exact) mass is 267 g/mol. The van der Waals surface area contributed by atoms with Crippen LogP contribution in [-0.2, 0) is 4.79 Å². The summed E-state index contributed by atoms with van der Waals surface area (Å²) in [5.41, 5.74) is 0. The molecule has 0 aliphatic heterocycles. The molecule has 1 aromatic carbocycles. The number of carbonyl (C=O) groups is 1. The molecule has 1 fully saturated rings. The molecular formula is C13H17NO3S. The predicted molar refractivity (Wildman–Crippen MR) is 70.3 cm³/mol. The van der Waals surface area contributed by atoms with E-state index >= 15 is 0 Å². The number of aliphatic hydroxyl groups excluding tert-OH is 2. The third-order valence-electron chi connectivity index (χ3n) is 3.04. The molecule has 0 saturated heterocycles. The fourth-order valence-corrected chi connectivity index (χ4v) is 2.76. The molecule has 3 N–H and O–H groups in total. The smallest absolute Gasteiger partial charge is 0.230 e. The molecule has 2 rings (SSSR count). The molecule has 0 bridgehead atoms. The minimum absolute atomic E-state index is 0.109. The molecule has 0 radical (unpaired) electrons. The molecule has 1 aromatic rings. The van der Waals surface area contributed by atoms with E-state index in [1.807, 2.05) is 30.3 Å². The number of amides is 1. The van der Waals surface area contributed by atoms with Gasteiger partial charge in [-0.2, -0.15) is 0 Å². The molecule has 0 heterocycles. The lowest BCUT2D eigenvalue weighted by atomic mass is 10.2. The van der Waals surface area contributed by atoms with E-state index in [4.69, 9.17) is 0 Å². The average molecular weight is 267 g/mol. The van der Waals surface area contributed by atoms with Gasteiger partial charge in [-0.3, -0.25) is 4.79 Å². The number of hydrogen-bond acceptors (Lipinski definition) is 4. The molecule has 18 heavy (non-hydrogen) atoms. The Bertz CT molecular complexity index is 398. The molecule has 4 nitrogen and oxygen atoms in total. The second kappa shape index (κ2) is 6.22.